The average molecular weight is 377 g/mol. The Morgan fingerprint density at radius 1 is 1.22 bits per heavy atom. The van der Waals surface area contributed by atoms with Gasteiger partial charge in [-0.2, -0.15) is 5.10 Å². The minimum atomic E-state index is -0.476. The van der Waals surface area contributed by atoms with Crippen LogP contribution in [0.1, 0.15) is 58.2 Å². The van der Waals surface area contributed by atoms with Crippen molar-refractivity contribution in [1.29, 1.82) is 0 Å². The molecule has 0 bridgehead atoms. The number of hydrogen-bond donors (Lipinski definition) is 1. The molecule has 2 fully saturated rings. The summed E-state index contributed by atoms with van der Waals surface area (Å²) in [5.74, 6) is 0.509. The molecule has 2 aliphatic rings. The number of rotatable bonds is 3. The molecular weight excluding hydrogens is 344 g/mol. The quantitative estimate of drug-likeness (QED) is 0.646. The van der Waals surface area contributed by atoms with E-state index in [1.807, 2.05) is 31.7 Å². The summed E-state index contributed by atoms with van der Waals surface area (Å²) in [7, 11) is 0. The first-order valence-corrected chi connectivity index (χ1v) is 9.89. The number of aliphatic imine (C=N–C) groups is 1. The van der Waals surface area contributed by atoms with E-state index < -0.39 is 5.60 Å². The SMILES string of the molecule is CC(C)(C)OC(=O)N1CCN(C(N)=NCc2ccn(C3CCCC3)n2)CC1. The van der Waals surface area contributed by atoms with Crippen molar-refractivity contribution in [3.63, 3.8) is 0 Å². The molecule has 1 aromatic rings. The van der Waals surface area contributed by atoms with Crippen LogP contribution in [0.15, 0.2) is 17.3 Å². The van der Waals surface area contributed by atoms with Crippen LogP contribution in [0.5, 0.6) is 0 Å². The van der Waals surface area contributed by atoms with Crippen LogP contribution in [0.4, 0.5) is 4.79 Å². The van der Waals surface area contributed by atoms with Crippen LogP contribution < -0.4 is 5.73 Å². The molecule has 1 saturated carbocycles. The Hall–Kier alpha value is -2.25. The largest absolute Gasteiger partial charge is 0.444 e. The average Bonchev–Trinajstić information content (AvgIpc) is 3.29. The number of amides is 1. The van der Waals surface area contributed by atoms with Crippen molar-refractivity contribution in [2.45, 2.75) is 64.6 Å². The lowest BCUT2D eigenvalue weighted by atomic mass is 10.2. The Morgan fingerprint density at radius 3 is 2.48 bits per heavy atom. The number of guanidine groups is 1. The van der Waals surface area contributed by atoms with Gasteiger partial charge in [-0.1, -0.05) is 12.8 Å². The topological polar surface area (TPSA) is 89.0 Å². The summed E-state index contributed by atoms with van der Waals surface area (Å²) in [6.07, 6.45) is 6.80. The van der Waals surface area contributed by atoms with Crippen molar-refractivity contribution in [3.05, 3.63) is 18.0 Å². The fourth-order valence-electron chi connectivity index (χ4n) is 3.54. The molecule has 0 spiro atoms. The maximum Gasteiger partial charge on any atom is 0.410 e. The van der Waals surface area contributed by atoms with Crippen LogP contribution in [-0.2, 0) is 11.3 Å². The zero-order valence-corrected chi connectivity index (χ0v) is 16.7. The maximum absolute atomic E-state index is 12.1. The summed E-state index contributed by atoms with van der Waals surface area (Å²) in [5, 5.41) is 4.64. The van der Waals surface area contributed by atoms with Gasteiger partial charge in [0.15, 0.2) is 5.96 Å². The highest BCUT2D eigenvalue weighted by atomic mass is 16.6. The first-order valence-electron chi connectivity index (χ1n) is 9.89. The number of nitrogens with zero attached hydrogens (tertiary/aromatic N) is 5. The van der Waals surface area contributed by atoms with Crippen molar-refractivity contribution in [3.8, 4) is 0 Å². The lowest BCUT2D eigenvalue weighted by molar-refractivity contribution is 0.0186. The van der Waals surface area contributed by atoms with E-state index in [4.69, 9.17) is 10.5 Å². The molecule has 8 nitrogen and oxygen atoms in total. The Morgan fingerprint density at radius 2 is 1.85 bits per heavy atom. The van der Waals surface area contributed by atoms with Gasteiger partial charge in [-0.15, -0.1) is 0 Å². The molecule has 0 aromatic carbocycles. The van der Waals surface area contributed by atoms with Crippen molar-refractivity contribution in [2.24, 2.45) is 10.7 Å². The van der Waals surface area contributed by atoms with Gasteiger partial charge in [0.05, 0.1) is 18.3 Å². The van der Waals surface area contributed by atoms with Crippen LogP contribution in [0.3, 0.4) is 0 Å². The highest BCUT2D eigenvalue weighted by Crippen LogP contribution is 2.28. The Kier molecular flexibility index (Phi) is 5.92. The standard InChI is InChI=1S/C19H32N6O2/c1-19(2,3)27-18(26)24-12-10-23(11-13-24)17(20)21-14-15-8-9-25(22-15)16-6-4-5-7-16/h8-9,16H,4-7,10-14H2,1-3H3,(H2,20,21). The molecular formula is C19H32N6O2. The molecule has 1 aromatic heterocycles. The number of nitrogens with two attached hydrogens (primary N) is 1. The third-order valence-electron chi connectivity index (χ3n) is 5.02. The number of piperazine rings is 1. The second kappa shape index (κ2) is 8.19. The minimum Gasteiger partial charge on any atom is -0.444 e. The van der Waals surface area contributed by atoms with Crippen LogP contribution in [0, 0.1) is 0 Å². The van der Waals surface area contributed by atoms with Gasteiger partial charge in [-0.3, -0.25) is 4.68 Å². The molecule has 27 heavy (non-hydrogen) atoms. The van der Waals surface area contributed by atoms with Gasteiger partial charge >= 0.3 is 6.09 Å². The molecule has 2 N–H and O–H groups in total. The lowest BCUT2D eigenvalue weighted by Crippen LogP contribution is -2.53. The van der Waals surface area contributed by atoms with Crippen molar-refractivity contribution in [2.75, 3.05) is 26.2 Å². The zero-order valence-electron chi connectivity index (χ0n) is 16.7. The summed E-state index contributed by atoms with van der Waals surface area (Å²) in [4.78, 5) is 20.4. The van der Waals surface area contributed by atoms with E-state index in [-0.39, 0.29) is 6.09 Å². The van der Waals surface area contributed by atoms with Crippen molar-refractivity contribution >= 4 is 12.1 Å². The molecule has 2 heterocycles. The third-order valence-corrected chi connectivity index (χ3v) is 5.02. The van der Waals surface area contributed by atoms with Crippen LogP contribution >= 0.6 is 0 Å². The van der Waals surface area contributed by atoms with E-state index in [2.05, 4.69) is 21.0 Å². The minimum absolute atomic E-state index is 0.268. The fourth-order valence-corrected chi connectivity index (χ4v) is 3.54. The summed E-state index contributed by atoms with van der Waals surface area (Å²) >= 11 is 0. The first kappa shape index (κ1) is 19.5. The van der Waals surface area contributed by atoms with E-state index in [0.717, 1.165) is 5.69 Å². The molecule has 1 amide bonds. The predicted molar refractivity (Wildman–Crippen MR) is 104 cm³/mol. The molecule has 1 aliphatic heterocycles. The van der Waals surface area contributed by atoms with Gasteiger partial charge in [-0.05, 0) is 39.7 Å². The molecule has 0 unspecified atom stereocenters. The second-order valence-corrected chi connectivity index (χ2v) is 8.35. The van der Waals surface area contributed by atoms with Gasteiger partial charge < -0.3 is 20.3 Å². The normalized spacial score (nSPS) is 19.6. The Balaban J connectivity index is 1.47. The van der Waals surface area contributed by atoms with Gasteiger partial charge in [0.2, 0.25) is 0 Å². The molecule has 1 aliphatic carbocycles. The Bertz CT molecular complexity index is 664. The fraction of sp³-hybridized carbons (Fsp3) is 0.737. The third kappa shape index (κ3) is 5.37. The summed E-state index contributed by atoms with van der Waals surface area (Å²) < 4.78 is 7.50. The zero-order chi connectivity index (χ0) is 19.4. The van der Waals surface area contributed by atoms with E-state index in [9.17, 15) is 4.79 Å². The highest BCUT2D eigenvalue weighted by molar-refractivity contribution is 5.78. The highest BCUT2D eigenvalue weighted by Gasteiger charge is 2.26. The summed E-state index contributed by atoms with van der Waals surface area (Å²) in [6.45, 7) is 8.59. The van der Waals surface area contributed by atoms with E-state index >= 15 is 0 Å². The van der Waals surface area contributed by atoms with Crippen LogP contribution in [0.2, 0.25) is 0 Å². The number of aromatic nitrogens is 2. The van der Waals surface area contributed by atoms with Gasteiger partial charge in [0, 0.05) is 32.4 Å². The van der Waals surface area contributed by atoms with Gasteiger partial charge in [0.1, 0.15) is 5.60 Å². The maximum atomic E-state index is 12.1. The van der Waals surface area contributed by atoms with Crippen molar-refractivity contribution in [1.82, 2.24) is 19.6 Å². The molecule has 150 valence electrons. The number of ether oxygens (including phenoxy) is 1. The van der Waals surface area contributed by atoms with Crippen LogP contribution in [-0.4, -0.2) is 63.4 Å². The van der Waals surface area contributed by atoms with E-state index in [1.54, 1.807) is 4.90 Å². The van der Waals surface area contributed by atoms with Crippen molar-refractivity contribution < 1.29 is 9.53 Å². The molecule has 0 radical (unpaired) electrons. The Labute approximate surface area is 161 Å². The first-order chi connectivity index (χ1) is 12.8. The van der Waals surface area contributed by atoms with Gasteiger partial charge in [-0.25, -0.2) is 9.79 Å². The smallest absolute Gasteiger partial charge is 0.410 e. The molecule has 8 heteroatoms. The summed E-state index contributed by atoms with van der Waals surface area (Å²) in [6, 6.07) is 2.57. The number of carbonyl (C=O) groups is 1. The number of hydrogen-bond acceptors (Lipinski definition) is 4. The molecule has 3 rings (SSSR count). The predicted octanol–water partition coefficient (Wildman–Crippen LogP) is 2.37. The molecule has 1 saturated heterocycles. The monoisotopic (exact) mass is 376 g/mol. The van der Waals surface area contributed by atoms with E-state index in [0.29, 0.717) is 44.7 Å². The lowest BCUT2D eigenvalue weighted by Gasteiger charge is -2.36. The van der Waals surface area contributed by atoms with E-state index in [1.165, 1.54) is 25.7 Å². The van der Waals surface area contributed by atoms with Gasteiger partial charge in [0.25, 0.3) is 0 Å². The molecule has 0 atom stereocenters. The second-order valence-electron chi connectivity index (χ2n) is 8.35. The summed E-state index contributed by atoms with van der Waals surface area (Å²) in [5.41, 5.74) is 6.62. The number of carbonyl (C=O) groups excluding carboxylic acids is 1. The van der Waals surface area contributed by atoms with Crippen LogP contribution in [0.25, 0.3) is 0 Å².